The van der Waals surface area contributed by atoms with Crippen molar-refractivity contribution in [2.75, 3.05) is 34.2 Å². The number of aliphatic hydroxyl groups excluding tert-OH is 1. The Hall–Kier alpha value is -0.370. The van der Waals surface area contributed by atoms with Crippen molar-refractivity contribution < 1.29 is 13.5 Å². The van der Waals surface area contributed by atoms with E-state index in [2.05, 4.69) is 0 Å². The first kappa shape index (κ1) is 17.7. The molecule has 0 aliphatic rings. The summed E-state index contributed by atoms with van der Waals surface area (Å²) in [5.74, 6) is 0. The Morgan fingerprint density at radius 2 is 1.75 bits per heavy atom. The van der Waals surface area contributed by atoms with Crippen molar-refractivity contribution in [2.24, 2.45) is 0 Å². The Morgan fingerprint density at radius 1 is 1.15 bits per heavy atom. The fourth-order valence-corrected chi connectivity index (χ4v) is 3.58. The van der Waals surface area contributed by atoms with Crippen LogP contribution >= 0.6 is 23.2 Å². The number of halogens is 2. The molecule has 0 aromatic heterocycles. The summed E-state index contributed by atoms with van der Waals surface area (Å²) < 4.78 is 26.1. The van der Waals surface area contributed by atoms with Crippen molar-refractivity contribution in [3.63, 3.8) is 0 Å². The molecule has 0 amide bonds. The van der Waals surface area contributed by atoms with Crippen LogP contribution in [0.25, 0.3) is 0 Å². The highest BCUT2D eigenvalue weighted by molar-refractivity contribution is 7.89. The summed E-state index contributed by atoms with van der Waals surface area (Å²) in [5, 5.41) is 9.43. The largest absolute Gasteiger partial charge is 0.392 e. The Labute approximate surface area is 129 Å². The van der Waals surface area contributed by atoms with Crippen molar-refractivity contribution in [2.45, 2.75) is 11.5 Å². The van der Waals surface area contributed by atoms with Crippen LogP contribution in [-0.2, 0) is 16.6 Å². The number of sulfonamides is 1. The topological polar surface area (TPSA) is 60.9 Å². The van der Waals surface area contributed by atoms with Gasteiger partial charge in [0.2, 0.25) is 10.0 Å². The summed E-state index contributed by atoms with van der Waals surface area (Å²) in [4.78, 5) is 1.84. The number of rotatable bonds is 6. The van der Waals surface area contributed by atoms with E-state index in [0.717, 1.165) is 0 Å². The van der Waals surface area contributed by atoms with Crippen molar-refractivity contribution in [1.82, 2.24) is 9.21 Å². The van der Waals surface area contributed by atoms with Crippen LogP contribution < -0.4 is 0 Å². The van der Waals surface area contributed by atoms with Gasteiger partial charge >= 0.3 is 0 Å². The predicted molar refractivity (Wildman–Crippen MR) is 80.8 cm³/mol. The fourth-order valence-electron chi connectivity index (χ4n) is 1.55. The van der Waals surface area contributed by atoms with E-state index < -0.39 is 16.6 Å². The van der Waals surface area contributed by atoms with Crippen LogP contribution in [0.4, 0.5) is 0 Å². The van der Waals surface area contributed by atoms with Crippen molar-refractivity contribution in [3.05, 3.63) is 27.7 Å². The van der Waals surface area contributed by atoms with Crippen molar-refractivity contribution >= 4 is 33.2 Å². The number of benzene rings is 1. The third kappa shape index (κ3) is 3.84. The van der Waals surface area contributed by atoms with Gasteiger partial charge in [0.25, 0.3) is 0 Å². The zero-order valence-corrected chi connectivity index (χ0v) is 13.9. The van der Waals surface area contributed by atoms with E-state index in [1.165, 1.54) is 23.5 Å². The molecule has 0 spiro atoms. The minimum Gasteiger partial charge on any atom is -0.392 e. The van der Waals surface area contributed by atoms with E-state index in [4.69, 9.17) is 23.2 Å². The monoisotopic (exact) mass is 340 g/mol. The van der Waals surface area contributed by atoms with Gasteiger partial charge in [0.15, 0.2) is 0 Å². The molecule has 114 valence electrons. The molecule has 0 bridgehead atoms. The second-order valence-corrected chi connectivity index (χ2v) is 7.42. The third-order valence-corrected chi connectivity index (χ3v) is 5.66. The molecule has 0 saturated carbocycles. The van der Waals surface area contributed by atoms with Crippen LogP contribution in [-0.4, -0.2) is 57.0 Å². The molecule has 0 radical (unpaired) electrons. The van der Waals surface area contributed by atoms with Crippen LogP contribution in [0.15, 0.2) is 17.0 Å². The number of aliphatic hydroxyl groups is 1. The molecule has 8 heteroatoms. The number of likely N-dealkylation sites (N-methyl/N-ethyl adjacent to an activating group) is 2. The maximum absolute atomic E-state index is 12.4. The molecule has 0 aliphatic carbocycles. The smallest absolute Gasteiger partial charge is 0.244 e. The van der Waals surface area contributed by atoms with Gasteiger partial charge < -0.3 is 10.0 Å². The molecule has 0 unspecified atom stereocenters. The van der Waals surface area contributed by atoms with Gasteiger partial charge in [-0.05, 0) is 26.2 Å². The highest BCUT2D eigenvalue weighted by Crippen LogP contribution is 2.32. The molecule has 0 atom stereocenters. The Kier molecular flexibility index (Phi) is 6.25. The first-order valence-corrected chi connectivity index (χ1v) is 8.10. The van der Waals surface area contributed by atoms with Gasteiger partial charge in [-0.2, -0.15) is 4.31 Å². The van der Waals surface area contributed by atoms with E-state index in [1.807, 2.05) is 19.0 Å². The second kappa shape index (κ2) is 7.06. The van der Waals surface area contributed by atoms with Crippen LogP contribution in [0.5, 0.6) is 0 Å². The fraction of sp³-hybridized carbons (Fsp3) is 0.500. The van der Waals surface area contributed by atoms with Gasteiger partial charge in [-0.25, -0.2) is 8.42 Å². The summed E-state index contributed by atoms with van der Waals surface area (Å²) >= 11 is 11.9. The zero-order valence-electron chi connectivity index (χ0n) is 11.6. The minimum absolute atomic E-state index is 0.0308. The molecule has 5 nitrogen and oxygen atoms in total. The van der Waals surface area contributed by atoms with Crippen molar-refractivity contribution in [3.8, 4) is 0 Å². The molecule has 0 aliphatic heterocycles. The van der Waals surface area contributed by atoms with Gasteiger partial charge in [0.05, 0.1) is 11.6 Å². The average Bonchev–Trinajstić information content (AvgIpc) is 2.35. The molecular weight excluding hydrogens is 323 g/mol. The molecular formula is C12H18Cl2N2O3S. The summed E-state index contributed by atoms with van der Waals surface area (Å²) in [5.41, 5.74) is 0.218. The molecule has 0 heterocycles. The number of nitrogens with zero attached hydrogens (tertiary/aromatic N) is 2. The molecule has 1 aromatic carbocycles. The lowest BCUT2D eigenvalue weighted by Crippen LogP contribution is -2.33. The van der Waals surface area contributed by atoms with E-state index in [9.17, 15) is 13.5 Å². The van der Waals surface area contributed by atoms with E-state index in [-0.39, 0.29) is 20.5 Å². The van der Waals surface area contributed by atoms with Gasteiger partial charge in [-0.1, -0.05) is 23.2 Å². The van der Waals surface area contributed by atoms with Crippen LogP contribution in [0, 0.1) is 0 Å². The van der Waals surface area contributed by atoms with E-state index in [1.54, 1.807) is 0 Å². The number of hydrogen-bond acceptors (Lipinski definition) is 4. The molecule has 0 fully saturated rings. The highest BCUT2D eigenvalue weighted by atomic mass is 35.5. The first-order chi connectivity index (χ1) is 9.21. The SMILES string of the molecule is CN(C)CCN(C)S(=O)(=O)c1ccc(Cl)c(CO)c1Cl. The summed E-state index contributed by atoms with van der Waals surface area (Å²) in [6, 6.07) is 2.77. The van der Waals surface area contributed by atoms with Gasteiger partial charge in [0.1, 0.15) is 4.90 Å². The van der Waals surface area contributed by atoms with Crippen LogP contribution in [0.1, 0.15) is 5.56 Å². The second-order valence-electron chi connectivity index (χ2n) is 4.63. The molecule has 20 heavy (non-hydrogen) atoms. The Bertz CT molecular complexity index is 576. The molecule has 0 saturated heterocycles. The number of hydrogen-bond donors (Lipinski definition) is 1. The highest BCUT2D eigenvalue weighted by Gasteiger charge is 2.25. The molecule has 1 rings (SSSR count). The standard InChI is InChI=1S/C12H18Cl2N2O3S/c1-15(2)6-7-16(3)20(18,19)11-5-4-10(13)9(8-17)12(11)14/h4-5,17H,6-8H2,1-3H3. The van der Waals surface area contributed by atoms with Gasteiger partial charge in [0, 0.05) is 30.7 Å². The summed E-state index contributed by atoms with van der Waals surface area (Å²) in [6.45, 7) is 0.513. The predicted octanol–water partition coefficient (Wildman–Crippen LogP) is 1.67. The third-order valence-electron chi connectivity index (χ3n) is 2.86. The zero-order chi connectivity index (χ0) is 15.5. The maximum Gasteiger partial charge on any atom is 0.244 e. The minimum atomic E-state index is -3.71. The lowest BCUT2D eigenvalue weighted by atomic mass is 10.2. The maximum atomic E-state index is 12.4. The van der Waals surface area contributed by atoms with Crippen LogP contribution in [0.3, 0.4) is 0 Å². The summed E-state index contributed by atoms with van der Waals surface area (Å²) in [7, 11) is 1.50. The van der Waals surface area contributed by atoms with E-state index in [0.29, 0.717) is 13.1 Å². The van der Waals surface area contributed by atoms with Crippen molar-refractivity contribution in [1.29, 1.82) is 0 Å². The van der Waals surface area contributed by atoms with Gasteiger partial charge in [-0.15, -0.1) is 0 Å². The van der Waals surface area contributed by atoms with Gasteiger partial charge in [-0.3, -0.25) is 0 Å². The summed E-state index contributed by atoms with van der Waals surface area (Å²) in [6.07, 6.45) is 0. The molecule has 1 aromatic rings. The normalized spacial score (nSPS) is 12.4. The van der Waals surface area contributed by atoms with Crippen LogP contribution in [0.2, 0.25) is 10.0 Å². The average molecular weight is 341 g/mol. The molecule has 1 N–H and O–H groups in total. The Balaban J connectivity index is 3.16. The lowest BCUT2D eigenvalue weighted by Gasteiger charge is -2.20. The van der Waals surface area contributed by atoms with E-state index >= 15 is 0 Å². The Morgan fingerprint density at radius 3 is 2.25 bits per heavy atom. The quantitative estimate of drug-likeness (QED) is 0.855. The first-order valence-electron chi connectivity index (χ1n) is 5.90. The lowest BCUT2D eigenvalue weighted by molar-refractivity contribution is 0.281.